The van der Waals surface area contributed by atoms with Crippen LogP contribution in [-0.2, 0) is 11.2 Å². The van der Waals surface area contributed by atoms with Gasteiger partial charge in [-0.1, -0.05) is 50.5 Å². The Bertz CT molecular complexity index is 765. The van der Waals surface area contributed by atoms with E-state index in [1.165, 1.54) is 30.6 Å². The van der Waals surface area contributed by atoms with Gasteiger partial charge in [-0.3, -0.25) is 9.59 Å². The third-order valence-electron chi connectivity index (χ3n) is 4.34. The average molecular weight is 373 g/mol. The smallest absolute Gasteiger partial charge is 0.241 e. The first kappa shape index (κ1) is 20.3. The molecule has 4 nitrogen and oxygen atoms in total. The molecule has 0 aliphatic rings. The molecule has 1 heterocycles. The summed E-state index contributed by atoms with van der Waals surface area (Å²) in [5.74, 6) is -0.331. The molecule has 0 saturated heterocycles. The van der Waals surface area contributed by atoms with Crippen LogP contribution in [0.5, 0.6) is 0 Å². The first-order valence-corrected chi connectivity index (χ1v) is 10.0. The molecule has 1 amide bonds. The lowest BCUT2D eigenvalue weighted by molar-refractivity contribution is -0.117. The molecule has 1 unspecified atom stereocenters. The summed E-state index contributed by atoms with van der Waals surface area (Å²) in [6.45, 7) is 5.74. The zero-order valence-corrected chi connectivity index (χ0v) is 16.6. The number of carbonyl (C=O) groups excluding carboxylic acids is 2. The molecule has 1 atom stereocenters. The largest absolute Gasteiger partial charge is 0.320 e. The number of nitrogens with two attached hydrogens (primary N) is 1. The fourth-order valence-corrected chi connectivity index (χ4v) is 3.85. The summed E-state index contributed by atoms with van der Waals surface area (Å²) in [5.41, 5.74) is 7.83. The van der Waals surface area contributed by atoms with Gasteiger partial charge in [-0.05, 0) is 38.3 Å². The first-order chi connectivity index (χ1) is 12.4. The van der Waals surface area contributed by atoms with Crippen molar-refractivity contribution in [1.82, 2.24) is 0 Å². The lowest BCUT2D eigenvalue weighted by Crippen LogP contribution is -2.32. The molecule has 1 aromatic heterocycles. The number of carbonyl (C=O) groups is 2. The molecule has 140 valence electrons. The summed E-state index contributed by atoms with van der Waals surface area (Å²) in [6.07, 6.45) is 5.60. The Morgan fingerprint density at radius 2 is 1.88 bits per heavy atom. The lowest BCUT2D eigenvalue weighted by atomic mass is 10.00. The van der Waals surface area contributed by atoms with Gasteiger partial charge in [0, 0.05) is 10.4 Å². The van der Waals surface area contributed by atoms with Crippen molar-refractivity contribution in [1.29, 1.82) is 0 Å². The van der Waals surface area contributed by atoms with Crippen LogP contribution in [0.25, 0.3) is 0 Å². The van der Waals surface area contributed by atoms with Crippen LogP contribution in [0.4, 0.5) is 5.00 Å². The van der Waals surface area contributed by atoms with E-state index in [0.717, 1.165) is 23.3 Å². The summed E-state index contributed by atoms with van der Waals surface area (Å²) in [7, 11) is 0. The minimum Gasteiger partial charge on any atom is -0.320 e. The van der Waals surface area contributed by atoms with Gasteiger partial charge in [-0.25, -0.2) is 0 Å². The SMILES string of the molecule is CCCCCCc1cc(C(=O)c2ccccc2C)c(NC(=O)C(C)N)s1. The highest BCUT2D eigenvalue weighted by molar-refractivity contribution is 7.16. The third-order valence-corrected chi connectivity index (χ3v) is 5.45. The van der Waals surface area contributed by atoms with E-state index in [2.05, 4.69) is 12.2 Å². The molecule has 1 aromatic carbocycles. The van der Waals surface area contributed by atoms with E-state index in [0.29, 0.717) is 16.1 Å². The van der Waals surface area contributed by atoms with Crippen molar-refractivity contribution in [3.8, 4) is 0 Å². The van der Waals surface area contributed by atoms with E-state index in [9.17, 15) is 9.59 Å². The van der Waals surface area contributed by atoms with E-state index in [1.807, 2.05) is 37.3 Å². The predicted octanol–water partition coefficient (Wildman–Crippen LogP) is 4.70. The van der Waals surface area contributed by atoms with Gasteiger partial charge in [-0.2, -0.15) is 0 Å². The van der Waals surface area contributed by atoms with Gasteiger partial charge in [0.15, 0.2) is 5.78 Å². The van der Waals surface area contributed by atoms with Crippen molar-refractivity contribution in [2.45, 2.75) is 58.9 Å². The van der Waals surface area contributed by atoms with E-state index in [4.69, 9.17) is 5.73 Å². The van der Waals surface area contributed by atoms with Crippen LogP contribution in [0.1, 0.15) is 65.9 Å². The van der Waals surface area contributed by atoms with Crippen molar-refractivity contribution < 1.29 is 9.59 Å². The number of amides is 1. The van der Waals surface area contributed by atoms with Crippen LogP contribution in [-0.4, -0.2) is 17.7 Å². The van der Waals surface area contributed by atoms with E-state index in [-0.39, 0.29) is 11.7 Å². The normalized spacial score (nSPS) is 12.0. The van der Waals surface area contributed by atoms with Gasteiger partial charge in [0.25, 0.3) is 0 Å². The molecular weight excluding hydrogens is 344 g/mol. The van der Waals surface area contributed by atoms with Crippen LogP contribution < -0.4 is 11.1 Å². The standard InChI is InChI=1S/C21H28N2O2S/c1-4-5-6-7-11-16-13-18(21(26-16)23-20(25)15(3)22)19(24)17-12-9-8-10-14(17)2/h8-10,12-13,15H,4-7,11,22H2,1-3H3,(H,23,25). The molecular formula is C21H28N2O2S. The van der Waals surface area contributed by atoms with Crippen LogP contribution >= 0.6 is 11.3 Å². The Hall–Kier alpha value is -1.98. The highest BCUT2D eigenvalue weighted by Gasteiger charge is 2.21. The Morgan fingerprint density at radius 1 is 1.15 bits per heavy atom. The first-order valence-electron chi connectivity index (χ1n) is 9.23. The van der Waals surface area contributed by atoms with Crippen LogP contribution in [0, 0.1) is 6.92 Å². The second-order valence-corrected chi connectivity index (χ2v) is 7.82. The van der Waals surface area contributed by atoms with E-state index < -0.39 is 6.04 Å². The summed E-state index contributed by atoms with van der Waals surface area (Å²) < 4.78 is 0. The summed E-state index contributed by atoms with van der Waals surface area (Å²) in [4.78, 5) is 26.2. The van der Waals surface area contributed by atoms with Gasteiger partial charge < -0.3 is 11.1 Å². The molecule has 2 rings (SSSR count). The molecule has 5 heteroatoms. The van der Waals surface area contributed by atoms with Crippen molar-refractivity contribution in [3.63, 3.8) is 0 Å². The van der Waals surface area contributed by atoms with Crippen molar-refractivity contribution >= 4 is 28.0 Å². The van der Waals surface area contributed by atoms with Gasteiger partial charge in [0.1, 0.15) is 5.00 Å². The topological polar surface area (TPSA) is 72.2 Å². The molecule has 3 N–H and O–H groups in total. The number of thiophene rings is 1. The fourth-order valence-electron chi connectivity index (χ4n) is 2.75. The number of benzene rings is 1. The number of ketones is 1. The minimum atomic E-state index is -0.619. The van der Waals surface area contributed by atoms with E-state index in [1.54, 1.807) is 6.92 Å². The molecule has 0 aliphatic heterocycles. The summed E-state index contributed by atoms with van der Waals surface area (Å²) in [6, 6.07) is 8.84. The number of rotatable bonds is 9. The van der Waals surface area contributed by atoms with Gasteiger partial charge in [0.2, 0.25) is 5.91 Å². The number of unbranched alkanes of at least 4 members (excludes halogenated alkanes) is 3. The van der Waals surface area contributed by atoms with Gasteiger partial charge in [-0.15, -0.1) is 11.3 Å². The van der Waals surface area contributed by atoms with Crippen LogP contribution in [0.2, 0.25) is 0 Å². The summed E-state index contributed by atoms with van der Waals surface area (Å²) in [5, 5.41) is 3.44. The fraction of sp³-hybridized carbons (Fsp3) is 0.429. The molecule has 0 aliphatic carbocycles. The Kier molecular flexibility index (Phi) is 7.54. The second-order valence-electron chi connectivity index (χ2n) is 6.69. The maximum Gasteiger partial charge on any atom is 0.241 e. The second kappa shape index (κ2) is 9.64. The molecule has 0 radical (unpaired) electrons. The monoisotopic (exact) mass is 372 g/mol. The lowest BCUT2D eigenvalue weighted by Gasteiger charge is -2.09. The average Bonchev–Trinajstić information content (AvgIpc) is 3.01. The Morgan fingerprint density at radius 3 is 2.54 bits per heavy atom. The maximum atomic E-state index is 13.1. The molecule has 26 heavy (non-hydrogen) atoms. The number of hydrogen-bond acceptors (Lipinski definition) is 4. The van der Waals surface area contributed by atoms with Crippen molar-refractivity contribution in [2.24, 2.45) is 5.73 Å². The Balaban J connectivity index is 2.29. The zero-order chi connectivity index (χ0) is 19.1. The number of nitrogens with one attached hydrogen (secondary N) is 1. The maximum absolute atomic E-state index is 13.1. The predicted molar refractivity (Wildman–Crippen MR) is 109 cm³/mol. The van der Waals surface area contributed by atoms with Crippen LogP contribution in [0.3, 0.4) is 0 Å². The molecule has 0 bridgehead atoms. The molecule has 2 aromatic rings. The molecule has 0 saturated carbocycles. The quantitative estimate of drug-likeness (QED) is 0.495. The number of hydrogen-bond donors (Lipinski definition) is 2. The third kappa shape index (κ3) is 5.26. The van der Waals surface area contributed by atoms with Crippen molar-refractivity contribution in [2.75, 3.05) is 5.32 Å². The highest BCUT2D eigenvalue weighted by atomic mass is 32.1. The molecule has 0 fully saturated rings. The highest BCUT2D eigenvalue weighted by Crippen LogP contribution is 2.32. The van der Waals surface area contributed by atoms with Gasteiger partial charge >= 0.3 is 0 Å². The zero-order valence-electron chi connectivity index (χ0n) is 15.8. The van der Waals surface area contributed by atoms with Gasteiger partial charge in [0.05, 0.1) is 11.6 Å². The Labute approximate surface area is 159 Å². The summed E-state index contributed by atoms with van der Waals surface area (Å²) >= 11 is 1.48. The van der Waals surface area contributed by atoms with Crippen LogP contribution in [0.15, 0.2) is 30.3 Å². The minimum absolute atomic E-state index is 0.0564. The van der Waals surface area contributed by atoms with Crippen molar-refractivity contribution in [3.05, 3.63) is 51.9 Å². The van der Waals surface area contributed by atoms with E-state index >= 15 is 0 Å². The molecule has 0 spiro atoms. The number of aryl methyl sites for hydroxylation is 2. The number of anilines is 1.